The van der Waals surface area contributed by atoms with Crippen LogP contribution in [0.1, 0.15) is 63.6 Å². The van der Waals surface area contributed by atoms with Gasteiger partial charge in [-0.1, -0.05) is 39.5 Å². The standard InChI is InChI=1S/C24H30N2O4/c1-3-5-7-9-16-13-17-14-18(27)15-21(23(17)26-24(16)29)30-20-11-12-22(28)25-19(20)10-8-6-4-2/h11-15,27H,3-10H2,1-2H3,(H,25,28)(H,26,29). The molecule has 0 aliphatic rings. The zero-order valence-corrected chi connectivity index (χ0v) is 17.7. The van der Waals surface area contributed by atoms with Gasteiger partial charge in [-0.3, -0.25) is 4.79 Å². The average molecular weight is 411 g/mol. The molecule has 0 aliphatic carbocycles. The SMILES string of the molecule is CCCCCc1nc(O)ccc1Oc1cc(O)cc2cc(CCCCC)c(=O)[nH]c12. The zero-order valence-electron chi connectivity index (χ0n) is 17.7. The molecule has 0 bridgehead atoms. The highest BCUT2D eigenvalue weighted by Crippen LogP contribution is 2.34. The predicted octanol–water partition coefficient (Wildman–Crippen LogP) is 5.59. The monoisotopic (exact) mass is 410 g/mol. The number of aryl methyl sites for hydroxylation is 2. The Bertz CT molecular complexity index is 1060. The largest absolute Gasteiger partial charge is 0.508 e. The van der Waals surface area contributed by atoms with E-state index >= 15 is 0 Å². The zero-order chi connectivity index (χ0) is 21.5. The van der Waals surface area contributed by atoms with Crippen LogP contribution in [0.3, 0.4) is 0 Å². The molecule has 0 spiro atoms. The summed E-state index contributed by atoms with van der Waals surface area (Å²) < 4.78 is 6.08. The lowest BCUT2D eigenvalue weighted by Gasteiger charge is -2.13. The van der Waals surface area contributed by atoms with E-state index in [4.69, 9.17) is 4.74 Å². The summed E-state index contributed by atoms with van der Waals surface area (Å²) >= 11 is 0. The number of ether oxygens (including phenoxy) is 1. The fourth-order valence-electron chi connectivity index (χ4n) is 3.56. The van der Waals surface area contributed by atoms with E-state index in [9.17, 15) is 15.0 Å². The Hall–Kier alpha value is -3.02. The lowest BCUT2D eigenvalue weighted by Crippen LogP contribution is -2.12. The first-order chi connectivity index (χ1) is 14.5. The van der Waals surface area contributed by atoms with Gasteiger partial charge in [0.25, 0.3) is 5.56 Å². The van der Waals surface area contributed by atoms with Crippen molar-refractivity contribution >= 4 is 10.9 Å². The molecule has 3 aromatic rings. The van der Waals surface area contributed by atoms with Gasteiger partial charge in [-0.25, -0.2) is 4.98 Å². The number of benzene rings is 1. The van der Waals surface area contributed by atoms with Crippen LogP contribution in [-0.2, 0) is 12.8 Å². The number of nitrogens with zero attached hydrogens (tertiary/aromatic N) is 1. The van der Waals surface area contributed by atoms with E-state index in [2.05, 4.69) is 23.8 Å². The first kappa shape index (κ1) is 21.7. The lowest BCUT2D eigenvalue weighted by atomic mass is 10.1. The molecule has 6 heteroatoms. The number of aromatic nitrogens is 2. The van der Waals surface area contributed by atoms with Crippen LogP contribution in [0.15, 0.2) is 35.1 Å². The van der Waals surface area contributed by atoms with Crippen molar-refractivity contribution in [2.24, 2.45) is 0 Å². The number of hydrogen-bond acceptors (Lipinski definition) is 5. The third-order valence-electron chi connectivity index (χ3n) is 5.18. The van der Waals surface area contributed by atoms with Crippen molar-refractivity contribution < 1.29 is 14.9 Å². The minimum atomic E-state index is -0.138. The number of phenols is 1. The summed E-state index contributed by atoms with van der Waals surface area (Å²) in [4.78, 5) is 19.7. The number of H-pyrrole nitrogens is 1. The second kappa shape index (κ2) is 10.1. The number of fused-ring (bicyclic) bond motifs is 1. The molecule has 6 nitrogen and oxygen atoms in total. The second-order valence-electron chi connectivity index (χ2n) is 7.66. The topological polar surface area (TPSA) is 95.4 Å². The molecule has 3 N–H and O–H groups in total. The average Bonchev–Trinajstić information content (AvgIpc) is 2.71. The Labute approximate surface area is 176 Å². The minimum Gasteiger partial charge on any atom is -0.508 e. The van der Waals surface area contributed by atoms with E-state index in [1.54, 1.807) is 12.1 Å². The summed E-state index contributed by atoms with van der Waals surface area (Å²) in [5, 5.41) is 20.7. The Morgan fingerprint density at radius 3 is 2.40 bits per heavy atom. The quantitative estimate of drug-likeness (QED) is 0.379. The number of phenolic OH excluding ortho intramolecular Hbond substituents is 1. The van der Waals surface area contributed by atoms with Gasteiger partial charge in [-0.2, -0.15) is 0 Å². The van der Waals surface area contributed by atoms with Crippen LogP contribution in [0, 0.1) is 0 Å². The number of rotatable bonds is 10. The van der Waals surface area contributed by atoms with Gasteiger partial charge in [0, 0.05) is 23.1 Å². The fraction of sp³-hybridized carbons (Fsp3) is 0.417. The molecular formula is C24H30N2O4. The van der Waals surface area contributed by atoms with Crippen molar-refractivity contribution in [1.29, 1.82) is 0 Å². The summed E-state index contributed by atoms with van der Waals surface area (Å²) in [6, 6.07) is 8.07. The maximum Gasteiger partial charge on any atom is 0.251 e. The second-order valence-corrected chi connectivity index (χ2v) is 7.66. The molecule has 0 radical (unpaired) electrons. The molecule has 0 unspecified atom stereocenters. The van der Waals surface area contributed by atoms with Crippen molar-refractivity contribution in [3.63, 3.8) is 0 Å². The number of aromatic amines is 1. The summed E-state index contributed by atoms with van der Waals surface area (Å²) in [5.74, 6) is 0.859. The number of pyridine rings is 2. The predicted molar refractivity (Wildman–Crippen MR) is 119 cm³/mol. The highest BCUT2D eigenvalue weighted by atomic mass is 16.5. The Kier molecular flexibility index (Phi) is 7.33. The Balaban J connectivity index is 1.96. The van der Waals surface area contributed by atoms with Gasteiger partial charge in [0.05, 0.1) is 11.2 Å². The van der Waals surface area contributed by atoms with E-state index in [1.807, 2.05) is 6.07 Å². The van der Waals surface area contributed by atoms with Gasteiger partial charge in [0.2, 0.25) is 5.88 Å². The van der Waals surface area contributed by atoms with E-state index < -0.39 is 0 Å². The molecule has 2 heterocycles. The molecule has 30 heavy (non-hydrogen) atoms. The van der Waals surface area contributed by atoms with E-state index in [1.165, 1.54) is 12.1 Å². The van der Waals surface area contributed by atoms with E-state index in [0.29, 0.717) is 41.1 Å². The third-order valence-corrected chi connectivity index (χ3v) is 5.18. The van der Waals surface area contributed by atoms with Crippen molar-refractivity contribution in [3.8, 4) is 23.1 Å². The molecule has 160 valence electrons. The number of nitrogens with one attached hydrogen (secondary N) is 1. The third kappa shape index (κ3) is 5.32. The van der Waals surface area contributed by atoms with Crippen LogP contribution in [0.2, 0.25) is 0 Å². The Morgan fingerprint density at radius 1 is 0.933 bits per heavy atom. The van der Waals surface area contributed by atoms with Crippen molar-refractivity contribution in [3.05, 3.63) is 51.9 Å². The smallest absolute Gasteiger partial charge is 0.251 e. The van der Waals surface area contributed by atoms with Gasteiger partial charge < -0.3 is 19.9 Å². The molecule has 0 saturated carbocycles. The number of aromatic hydroxyl groups is 2. The van der Waals surface area contributed by atoms with Crippen molar-refractivity contribution in [2.45, 2.75) is 65.2 Å². The number of hydrogen-bond donors (Lipinski definition) is 3. The molecule has 3 rings (SSSR count). The summed E-state index contributed by atoms with van der Waals surface area (Å²) in [7, 11) is 0. The summed E-state index contributed by atoms with van der Waals surface area (Å²) in [5.41, 5.74) is 1.75. The summed E-state index contributed by atoms with van der Waals surface area (Å²) in [6.45, 7) is 4.25. The molecular weight excluding hydrogens is 380 g/mol. The van der Waals surface area contributed by atoms with Gasteiger partial charge in [0.15, 0.2) is 5.75 Å². The highest BCUT2D eigenvalue weighted by molar-refractivity contribution is 5.86. The highest BCUT2D eigenvalue weighted by Gasteiger charge is 2.14. The van der Waals surface area contributed by atoms with Crippen LogP contribution in [0.25, 0.3) is 10.9 Å². The first-order valence-electron chi connectivity index (χ1n) is 10.8. The molecule has 0 aliphatic heterocycles. The normalized spacial score (nSPS) is 11.1. The van der Waals surface area contributed by atoms with E-state index in [0.717, 1.165) is 43.9 Å². The minimum absolute atomic E-state index is 0.0558. The summed E-state index contributed by atoms with van der Waals surface area (Å²) in [6.07, 6.45) is 7.55. The van der Waals surface area contributed by atoms with Crippen LogP contribution >= 0.6 is 0 Å². The van der Waals surface area contributed by atoms with Gasteiger partial charge in [-0.15, -0.1) is 0 Å². The molecule has 0 saturated heterocycles. The van der Waals surface area contributed by atoms with Crippen LogP contribution in [0.4, 0.5) is 0 Å². The molecule has 1 aromatic carbocycles. The van der Waals surface area contributed by atoms with Gasteiger partial charge in [-0.05, 0) is 43.9 Å². The van der Waals surface area contributed by atoms with Crippen molar-refractivity contribution in [1.82, 2.24) is 9.97 Å². The maximum atomic E-state index is 12.6. The molecule has 0 amide bonds. The number of unbranched alkanes of at least 4 members (excludes halogenated alkanes) is 4. The first-order valence-corrected chi connectivity index (χ1v) is 10.8. The maximum absolute atomic E-state index is 12.6. The van der Waals surface area contributed by atoms with Crippen LogP contribution in [-0.4, -0.2) is 20.2 Å². The van der Waals surface area contributed by atoms with E-state index in [-0.39, 0.29) is 17.2 Å². The molecule has 2 aromatic heterocycles. The molecule has 0 atom stereocenters. The fourth-order valence-corrected chi connectivity index (χ4v) is 3.56. The Morgan fingerprint density at radius 2 is 1.67 bits per heavy atom. The van der Waals surface area contributed by atoms with Gasteiger partial charge in [0.1, 0.15) is 11.5 Å². The lowest BCUT2D eigenvalue weighted by molar-refractivity contribution is 0.433. The van der Waals surface area contributed by atoms with Crippen LogP contribution < -0.4 is 10.3 Å². The van der Waals surface area contributed by atoms with Gasteiger partial charge >= 0.3 is 0 Å². The molecule has 0 fully saturated rings. The van der Waals surface area contributed by atoms with Crippen LogP contribution in [0.5, 0.6) is 23.1 Å². The van der Waals surface area contributed by atoms with Crippen molar-refractivity contribution in [2.75, 3.05) is 0 Å².